The van der Waals surface area contributed by atoms with Gasteiger partial charge in [0, 0.05) is 17.4 Å². The van der Waals surface area contributed by atoms with E-state index in [1.165, 1.54) is 0 Å². The van der Waals surface area contributed by atoms with Gasteiger partial charge in [-0.15, -0.1) is 0 Å². The first-order valence-electron chi connectivity index (χ1n) is 12.9. The molecule has 0 aromatic heterocycles. The van der Waals surface area contributed by atoms with Crippen molar-refractivity contribution in [2.75, 3.05) is 6.61 Å². The Morgan fingerprint density at radius 3 is 2.76 bits per heavy atom. The van der Waals surface area contributed by atoms with Crippen LogP contribution in [0.4, 0.5) is 0 Å². The molecule has 0 amide bonds. The van der Waals surface area contributed by atoms with E-state index in [1.54, 1.807) is 0 Å². The average molecular weight is 459 g/mol. The van der Waals surface area contributed by atoms with E-state index in [1.807, 2.05) is 0 Å². The van der Waals surface area contributed by atoms with Crippen molar-refractivity contribution in [1.82, 2.24) is 0 Å². The molecule has 0 aromatic carbocycles. The van der Waals surface area contributed by atoms with Gasteiger partial charge in [-0.05, 0) is 43.1 Å². The lowest BCUT2D eigenvalue weighted by atomic mass is 9.46. The SMILES string of the molecule is CCCCCC(=O)O[C@@H]1[C@@]2(C(C)C)O[C@H]2[C@@H]2O[C@]23[C@]12O[C@H]2C[C@H]1C2=C(CC[C@@]13C)C(=O)OC2. The van der Waals surface area contributed by atoms with Crippen LogP contribution < -0.4 is 0 Å². The molecule has 0 radical (unpaired) electrons. The summed E-state index contributed by atoms with van der Waals surface area (Å²) in [4.78, 5) is 25.3. The molecule has 4 heterocycles. The molecule has 0 aromatic rings. The molecule has 4 aliphatic heterocycles. The Morgan fingerprint density at radius 1 is 1.18 bits per heavy atom. The average Bonchev–Trinajstić information content (AvgIpc) is 3.67. The smallest absolute Gasteiger partial charge is 0.334 e. The summed E-state index contributed by atoms with van der Waals surface area (Å²) in [5.74, 6) is 0.0588. The van der Waals surface area contributed by atoms with Gasteiger partial charge in [0.2, 0.25) is 0 Å². The van der Waals surface area contributed by atoms with E-state index >= 15 is 0 Å². The van der Waals surface area contributed by atoms with Gasteiger partial charge in [0.25, 0.3) is 0 Å². The summed E-state index contributed by atoms with van der Waals surface area (Å²) in [6.07, 6.45) is 5.08. The van der Waals surface area contributed by atoms with E-state index in [9.17, 15) is 9.59 Å². The maximum Gasteiger partial charge on any atom is 0.334 e. The number of ether oxygens (including phenoxy) is 5. The summed E-state index contributed by atoms with van der Waals surface area (Å²) in [6, 6.07) is 0. The number of rotatable bonds is 6. The van der Waals surface area contributed by atoms with Gasteiger partial charge in [0.15, 0.2) is 11.7 Å². The summed E-state index contributed by atoms with van der Waals surface area (Å²) >= 11 is 0. The highest BCUT2D eigenvalue weighted by Gasteiger charge is 3.01. The highest BCUT2D eigenvalue weighted by Crippen LogP contribution is 2.83. The number of cyclic esters (lactones) is 1. The van der Waals surface area contributed by atoms with E-state index in [-0.39, 0.29) is 47.5 Å². The Morgan fingerprint density at radius 2 is 2.00 bits per heavy atom. The largest absolute Gasteiger partial charge is 0.458 e. The summed E-state index contributed by atoms with van der Waals surface area (Å²) in [7, 11) is 0. The minimum Gasteiger partial charge on any atom is -0.458 e. The van der Waals surface area contributed by atoms with E-state index in [2.05, 4.69) is 27.7 Å². The molecule has 180 valence electrons. The van der Waals surface area contributed by atoms with E-state index < -0.39 is 22.9 Å². The van der Waals surface area contributed by atoms with Crippen LogP contribution in [0, 0.1) is 17.3 Å². The second-order valence-electron chi connectivity index (χ2n) is 11.8. The molecule has 2 spiro atoms. The van der Waals surface area contributed by atoms with Gasteiger partial charge in [-0.1, -0.05) is 40.5 Å². The standard InChI is InChI=1S/C26H34O7/c1-5-6-7-8-18(27)30-22-24(13(2)3)19(32-24)20-26(33-20)23(4)10-9-14-15(12-29-21(14)28)16(23)11-17-25(22,26)31-17/h13,16-17,19-20,22H,5-12H2,1-4H3/t16-,17-,19-,20-,22+,23-,24-,25+,26+/m0/s1. The van der Waals surface area contributed by atoms with Crippen LogP contribution in [0.1, 0.15) is 72.6 Å². The van der Waals surface area contributed by atoms with Crippen LogP contribution in [0.15, 0.2) is 11.1 Å². The number of esters is 2. The fraction of sp³-hybridized carbons (Fsp3) is 0.846. The zero-order valence-corrected chi connectivity index (χ0v) is 20.0. The van der Waals surface area contributed by atoms with Crippen molar-refractivity contribution in [3.05, 3.63) is 11.1 Å². The Labute approximate surface area is 194 Å². The predicted molar refractivity (Wildman–Crippen MR) is 115 cm³/mol. The lowest BCUT2D eigenvalue weighted by molar-refractivity contribution is -0.169. The van der Waals surface area contributed by atoms with Crippen LogP contribution in [-0.4, -0.2) is 59.8 Å². The monoisotopic (exact) mass is 458 g/mol. The summed E-state index contributed by atoms with van der Waals surface area (Å²) in [5, 5.41) is 0. The number of carbonyl (C=O) groups is 2. The second kappa shape index (κ2) is 6.21. The summed E-state index contributed by atoms with van der Waals surface area (Å²) < 4.78 is 31.6. The summed E-state index contributed by atoms with van der Waals surface area (Å²) in [6.45, 7) is 9.11. The minimum absolute atomic E-state index is 0.0482. The van der Waals surface area contributed by atoms with Crippen molar-refractivity contribution in [2.24, 2.45) is 17.3 Å². The molecule has 3 saturated heterocycles. The maximum absolute atomic E-state index is 13.0. The Bertz CT molecular complexity index is 987. The van der Waals surface area contributed by atoms with Gasteiger partial charge < -0.3 is 23.7 Å². The first-order valence-corrected chi connectivity index (χ1v) is 12.9. The first kappa shape index (κ1) is 20.9. The minimum atomic E-state index is -0.651. The number of hydrogen-bond acceptors (Lipinski definition) is 7. The molecule has 5 fully saturated rings. The van der Waals surface area contributed by atoms with Crippen LogP contribution in [0.2, 0.25) is 0 Å². The van der Waals surface area contributed by atoms with E-state index in [4.69, 9.17) is 23.7 Å². The highest BCUT2D eigenvalue weighted by atomic mass is 16.8. The molecule has 7 nitrogen and oxygen atoms in total. The van der Waals surface area contributed by atoms with Gasteiger partial charge in [0.05, 0.1) is 6.10 Å². The molecular weight excluding hydrogens is 424 g/mol. The lowest BCUT2D eigenvalue weighted by Crippen LogP contribution is -2.70. The quantitative estimate of drug-likeness (QED) is 0.343. The van der Waals surface area contributed by atoms with Gasteiger partial charge in [-0.3, -0.25) is 4.79 Å². The molecule has 0 unspecified atom stereocenters. The number of hydrogen-bond donors (Lipinski definition) is 0. The molecular formula is C26H34O7. The van der Waals surface area contributed by atoms with Crippen LogP contribution in [-0.2, 0) is 33.3 Å². The third-order valence-corrected chi connectivity index (χ3v) is 10.3. The van der Waals surface area contributed by atoms with Crippen molar-refractivity contribution < 1.29 is 33.3 Å². The Kier molecular flexibility index (Phi) is 3.93. The van der Waals surface area contributed by atoms with Crippen molar-refractivity contribution in [1.29, 1.82) is 0 Å². The molecule has 0 bridgehead atoms. The van der Waals surface area contributed by atoms with Crippen molar-refractivity contribution >= 4 is 11.9 Å². The van der Waals surface area contributed by atoms with Crippen LogP contribution >= 0.6 is 0 Å². The maximum atomic E-state index is 13.0. The van der Waals surface area contributed by atoms with Crippen molar-refractivity contribution in [3.8, 4) is 0 Å². The van der Waals surface area contributed by atoms with Gasteiger partial charge in [0.1, 0.15) is 30.0 Å². The number of carbonyl (C=O) groups excluding carboxylic acids is 2. The van der Waals surface area contributed by atoms with E-state index in [0.717, 1.165) is 43.3 Å². The van der Waals surface area contributed by atoms with Crippen LogP contribution in [0.25, 0.3) is 0 Å². The third kappa shape index (κ3) is 2.15. The fourth-order valence-electron chi connectivity index (χ4n) is 8.55. The van der Waals surface area contributed by atoms with Crippen molar-refractivity contribution in [3.63, 3.8) is 0 Å². The molecule has 0 N–H and O–H groups in total. The second-order valence-corrected chi connectivity index (χ2v) is 11.8. The van der Waals surface area contributed by atoms with Crippen LogP contribution in [0.3, 0.4) is 0 Å². The molecule has 3 aliphatic carbocycles. The number of fused-ring (bicyclic) bond motifs is 4. The molecule has 2 saturated carbocycles. The number of epoxide rings is 3. The van der Waals surface area contributed by atoms with Crippen molar-refractivity contribution in [2.45, 2.75) is 114 Å². The van der Waals surface area contributed by atoms with Crippen LogP contribution in [0.5, 0.6) is 0 Å². The first-order chi connectivity index (χ1) is 15.8. The van der Waals surface area contributed by atoms with E-state index in [0.29, 0.717) is 19.4 Å². The molecule has 7 aliphatic rings. The third-order valence-electron chi connectivity index (χ3n) is 10.3. The Balaban J connectivity index is 1.28. The Hall–Kier alpha value is -1.44. The normalized spacial score (nSPS) is 52.0. The topological polar surface area (TPSA) is 90.2 Å². The zero-order valence-electron chi connectivity index (χ0n) is 20.0. The lowest BCUT2D eigenvalue weighted by Gasteiger charge is -2.53. The predicted octanol–water partition coefficient (Wildman–Crippen LogP) is 3.23. The number of unbranched alkanes of at least 4 members (excludes halogenated alkanes) is 2. The van der Waals surface area contributed by atoms with Gasteiger partial charge in [-0.2, -0.15) is 0 Å². The van der Waals surface area contributed by atoms with Gasteiger partial charge in [-0.25, -0.2) is 4.79 Å². The highest BCUT2D eigenvalue weighted by molar-refractivity contribution is 5.92. The van der Waals surface area contributed by atoms with Gasteiger partial charge >= 0.3 is 11.9 Å². The molecule has 33 heavy (non-hydrogen) atoms. The molecule has 7 rings (SSSR count). The molecule has 7 heteroatoms. The summed E-state index contributed by atoms with van der Waals surface area (Å²) in [5.41, 5.74) is 0.0852. The zero-order chi connectivity index (χ0) is 23.0. The fourth-order valence-corrected chi connectivity index (χ4v) is 8.55. The molecule has 9 atom stereocenters.